The summed E-state index contributed by atoms with van der Waals surface area (Å²) in [4.78, 5) is 26.7. The third-order valence-electron chi connectivity index (χ3n) is 5.70. The SMILES string of the molecule is CN1C(=O)c2cccc3c2[C@]2(C1=O)C(C=C3)C[C@@]2(C)CO. The van der Waals surface area contributed by atoms with Gasteiger partial charge in [0.15, 0.2) is 0 Å². The fraction of sp³-hybridized carbons (Fsp3) is 0.412. The molecule has 0 bridgehead atoms. The van der Waals surface area contributed by atoms with E-state index in [2.05, 4.69) is 6.08 Å². The lowest BCUT2D eigenvalue weighted by Gasteiger charge is -2.64. The van der Waals surface area contributed by atoms with Gasteiger partial charge in [-0.25, -0.2) is 0 Å². The number of hydrogen-bond acceptors (Lipinski definition) is 3. The second kappa shape index (κ2) is 3.63. The third kappa shape index (κ3) is 1.14. The van der Waals surface area contributed by atoms with Crippen LogP contribution in [-0.4, -0.2) is 35.5 Å². The molecule has 1 spiro atoms. The van der Waals surface area contributed by atoms with Crippen LogP contribution in [0.15, 0.2) is 24.3 Å². The number of imide groups is 1. The number of hydrogen-bond donors (Lipinski definition) is 1. The molecule has 4 rings (SSSR count). The molecule has 1 heterocycles. The number of aliphatic hydroxyl groups is 1. The van der Waals surface area contributed by atoms with Crippen LogP contribution < -0.4 is 0 Å². The Kier molecular flexibility index (Phi) is 2.21. The predicted octanol–water partition coefficient (Wildman–Crippen LogP) is 1.58. The van der Waals surface area contributed by atoms with Crippen molar-refractivity contribution in [3.05, 3.63) is 41.0 Å². The Morgan fingerprint density at radius 2 is 2.14 bits per heavy atom. The largest absolute Gasteiger partial charge is 0.396 e. The van der Waals surface area contributed by atoms with Crippen LogP contribution in [0.1, 0.15) is 34.8 Å². The van der Waals surface area contributed by atoms with E-state index in [4.69, 9.17) is 0 Å². The number of likely N-dealkylation sites (N-methyl/N-ethyl adjacent to an activating group) is 1. The van der Waals surface area contributed by atoms with Gasteiger partial charge in [-0.2, -0.15) is 0 Å². The number of carbonyl (C=O) groups excluding carboxylic acids is 2. The maximum Gasteiger partial charge on any atom is 0.260 e. The molecule has 4 nitrogen and oxygen atoms in total. The molecule has 2 aliphatic carbocycles. The summed E-state index contributed by atoms with van der Waals surface area (Å²) in [6, 6.07) is 5.58. The van der Waals surface area contributed by atoms with Crippen LogP contribution >= 0.6 is 0 Å². The lowest BCUT2D eigenvalue weighted by atomic mass is 9.39. The standard InChI is InChI=1S/C17H17NO3/c1-16(9-19)8-11-7-6-10-4-3-5-12-13(10)17(11,16)15(21)18(2)14(12)20/h3-7,11,19H,8-9H2,1-2H3/t11?,16-,17-/m0/s1. The summed E-state index contributed by atoms with van der Waals surface area (Å²) in [5, 5.41) is 9.91. The zero-order valence-electron chi connectivity index (χ0n) is 12.1. The van der Waals surface area contributed by atoms with Gasteiger partial charge in [0.05, 0.1) is 5.41 Å². The molecular formula is C17H17NO3. The lowest BCUT2D eigenvalue weighted by molar-refractivity contribution is -0.161. The predicted molar refractivity (Wildman–Crippen MR) is 77.6 cm³/mol. The van der Waals surface area contributed by atoms with Gasteiger partial charge >= 0.3 is 0 Å². The van der Waals surface area contributed by atoms with Gasteiger partial charge in [0.25, 0.3) is 5.91 Å². The molecule has 1 aliphatic heterocycles. The first-order valence-electron chi connectivity index (χ1n) is 7.22. The van der Waals surface area contributed by atoms with Crippen LogP contribution in [0.3, 0.4) is 0 Å². The Hall–Kier alpha value is -1.94. The van der Waals surface area contributed by atoms with E-state index in [-0.39, 0.29) is 24.3 Å². The number of amides is 2. The molecule has 108 valence electrons. The van der Waals surface area contributed by atoms with Crippen molar-refractivity contribution in [3.8, 4) is 0 Å². The fourth-order valence-electron chi connectivity index (χ4n) is 4.61. The van der Waals surface area contributed by atoms with Crippen molar-refractivity contribution in [1.82, 2.24) is 4.90 Å². The minimum absolute atomic E-state index is 0.0567. The molecule has 0 radical (unpaired) electrons. The summed E-state index contributed by atoms with van der Waals surface area (Å²) < 4.78 is 0. The molecule has 2 amide bonds. The van der Waals surface area contributed by atoms with Crippen molar-refractivity contribution in [2.75, 3.05) is 13.7 Å². The van der Waals surface area contributed by atoms with Crippen LogP contribution in [-0.2, 0) is 10.2 Å². The molecule has 1 N–H and O–H groups in total. The number of carbonyl (C=O) groups is 2. The first-order valence-corrected chi connectivity index (χ1v) is 7.22. The number of nitrogens with zero attached hydrogens (tertiary/aromatic N) is 1. The van der Waals surface area contributed by atoms with E-state index in [9.17, 15) is 14.7 Å². The Morgan fingerprint density at radius 3 is 2.86 bits per heavy atom. The van der Waals surface area contributed by atoms with Crippen molar-refractivity contribution < 1.29 is 14.7 Å². The highest BCUT2D eigenvalue weighted by atomic mass is 16.3. The van der Waals surface area contributed by atoms with E-state index in [1.807, 2.05) is 25.1 Å². The first kappa shape index (κ1) is 12.8. The number of allylic oxidation sites excluding steroid dienone is 1. The van der Waals surface area contributed by atoms with E-state index < -0.39 is 10.8 Å². The normalized spacial score (nSPS) is 36.1. The van der Waals surface area contributed by atoms with Crippen molar-refractivity contribution in [1.29, 1.82) is 0 Å². The molecule has 3 atom stereocenters. The molecule has 3 aliphatic rings. The Morgan fingerprint density at radius 1 is 1.38 bits per heavy atom. The highest BCUT2D eigenvalue weighted by Crippen LogP contribution is 2.66. The van der Waals surface area contributed by atoms with Crippen LogP contribution in [0.4, 0.5) is 0 Å². The molecule has 4 heteroatoms. The maximum atomic E-state index is 13.0. The number of benzene rings is 1. The number of rotatable bonds is 1. The maximum absolute atomic E-state index is 13.0. The van der Waals surface area contributed by atoms with Gasteiger partial charge in [-0.1, -0.05) is 31.2 Å². The zero-order valence-corrected chi connectivity index (χ0v) is 12.1. The third-order valence-corrected chi connectivity index (χ3v) is 5.70. The fourth-order valence-corrected chi connectivity index (χ4v) is 4.61. The first-order chi connectivity index (χ1) is 9.97. The highest BCUT2D eigenvalue weighted by molar-refractivity contribution is 6.15. The van der Waals surface area contributed by atoms with Crippen LogP contribution in [0.25, 0.3) is 6.08 Å². The van der Waals surface area contributed by atoms with Gasteiger partial charge in [0, 0.05) is 24.6 Å². The monoisotopic (exact) mass is 283 g/mol. The van der Waals surface area contributed by atoms with E-state index in [0.717, 1.165) is 17.5 Å². The van der Waals surface area contributed by atoms with E-state index in [0.29, 0.717) is 5.56 Å². The summed E-state index contributed by atoms with van der Waals surface area (Å²) in [6.07, 6.45) is 4.83. The molecule has 21 heavy (non-hydrogen) atoms. The second-order valence-electron chi connectivity index (χ2n) is 6.64. The van der Waals surface area contributed by atoms with Gasteiger partial charge < -0.3 is 5.11 Å². The molecule has 1 aromatic carbocycles. The van der Waals surface area contributed by atoms with Gasteiger partial charge in [-0.15, -0.1) is 0 Å². The topological polar surface area (TPSA) is 57.6 Å². The molecule has 1 saturated carbocycles. The van der Waals surface area contributed by atoms with Crippen LogP contribution in [0.5, 0.6) is 0 Å². The highest BCUT2D eigenvalue weighted by Gasteiger charge is 2.71. The van der Waals surface area contributed by atoms with Gasteiger partial charge in [-0.05, 0) is 29.5 Å². The second-order valence-corrected chi connectivity index (χ2v) is 6.64. The molecule has 0 saturated heterocycles. The summed E-state index contributed by atoms with van der Waals surface area (Å²) in [5.74, 6) is -0.361. The summed E-state index contributed by atoms with van der Waals surface area (Å²) in [7, 11) is 1.54. The summed E-state index contributed by atoms with van der Waals surface area (Å²) in [6.45, 7) is 1.89. The zero-order chi connectivity index (χ0) is 15.0. The molecular weight excluding hydrogens is 266 g/mol. The quantitative estimate of drug-likeness (QED) is 0.796. The van der Waals surface area contributed by atoms with Crippen molar-refractivity contribution in [2.45, 2.75) is 18.8 Å². The Balaban J connectivity index is 2.12. The van der Waals surface area contributed by atoms with Crippen molar-refractivity contribution in [3.63, 3.8) is 0 Å². The summed E-state index contributed by atoms with van der Waals surface area (Å²) >= 11 is 0. The molecule has 1 fully saturated rings. The van der Waals surface area contributed by atoms with E-state index >= 15 is 0 Å². The Bertz CT molecular complexity index is 723. The van der Waals surface area contributed by atoms with Gasteiger partial charge in [0.2, 0.25) is 5.91 Å². The Labute approximate surface area is 123 Å². The lowest BCUT2D eigenvalue weighted by Crippen LogP contribution is -2.71. The van der Waals surface area contributed by atoms with Crippen molar-refractivity contribution in [2.24, 2.45) is 11.3 Å². The van der Waals surface area contributed by atoms with Gasteiger partial charge in [0.1, 0.15) is 0 Å². The molecule has 1 unspecified atom stereocenters. The van der Waals surface area contributed by atoms with E-state index in [1.165, 1.54) is 4.90 Å². The van der Waals surface area contributed by atoms with E-state index in [1.54, 1.807) is 13.1 Å². The van der Waals surface area contributed by atoms with Gasteiger partial charge in [-0.3, -0.25) is 14.5 Å². The molecule has 1 aromatic rings. The average Bonchev–Trinajstić information content (AvgIpc) is 2.49. The number of aliphatic hydroxyl groups excluding tert-OH is 1. The minimum atomic E-state index is -0.787. The van der Waals surface area contributed by atoms with Crippen LogP contribution in [0, 0.1) is 11.3 Å². The van der Waals surface area contributed by atoms with Crippen LogP contribution in [0.2, 0.25) is 0 Å². The minimum Gasteiger partial charge on any atom is -0.396 e. The smallest absolute Gasteiger partial charge is 0.260 e. The van der Waals surface area contributed by atoms with Crippen molar-refractivity contribution >= 4 is 17.9 Å². The average molecular weight is 283 g/mol. The molecule has 0 aromatic heterocycles. The summed E-state index contributed by atoms with van der Waals surface area (Å²) in [5.41, 5.74) is 1.05.